The number of piperidine rings is 1. The van der Waals surface area contributed by atoms with Crippen molar-refractivity contribution in [3.05, 3.63) is 32.5 Å². The van der Waals surface area contributed by atoms with E-state index in [2.05, 4.69) is 27.7 Å². The number of carbonyl (C=O) groups is 1. The van der Waals surface area contributed by atoms with E-state index < -0.39 is 12.0 Å². The second-order valence-corrected chi connectivity index (χ2v) is 8.60. The van der Waals surface area contributed by atoms with Crippen LogP contribution in [0, 0.1) is 10.1 Å². The van der Waals surface area contributed by atoms with Gasteiger partial charge < -0.3 is 4.79 Å². The molecular weight excluding hydrogens is 328 g/mol. The van der Waals surface area contributed by atoms with Crippen LogP contribution >= 0.6 is 11.3 Å². The summed E-state index contributed by atoms with van der Waals surface area (Å²) in [5.41, 5.74) is -0.449. The molecule has 1 aromatic rings. The highest BCUT2D eigenvalue weighted by molar-refractivity contribution is 7.10. The molecule has 2 rings (SSSR count). The molecule has 24 heavy (non-hydrogen) atoms. The maximum absolute atomic E-state index is 11.7. The summed E-state index contributed by atoms with van der Waals surface area (Å²) in [7, 11) is 0. The number of carbonyl (C=O) groups excluding carboxylic acids is 1. The number of nitro groups is 1. The van der Waals surface area contributed by atoms with Crippen LogP contribution in [0.3, 0.4) is 0 Å². The minimum atomic E-state index is -0.870. The first-order valence-corrected chi connectivity index (χ1v) is 9.13. The van der Waals surface area contributed by atoms with Crippen LogP contribution in [0.15, 0.2) is 17.5 Å². The van der Waals surface area contributed by atoms with Crippen molar-refractivity contribution < 1.29 is 14.6 Å². The lowest BCUT2D eigenvalue weighted by Crippen LogP contribution is -2.60. The van der Waals surface area contributed by atoms with Crippen molar-refractivity contribution in [2.24, 2.45) is 0 Å². The van der Waals surface area contributed by atoms with Crippen LogP contribution < -0.4 is 0 Å². The van der Waals surface area contributed by atoms with Crippen molar-refractivity contribution in [2.75, 3.05) is 6.54 Å². The fourth-order valence-corrected chi connectivity index (χ4v) is 4.45. The van der Waals surface area contributed by atoms with E-state index in [1.54, 1.807) is 0 Å². The molecule has 0 amide bonds. The Morgan fingerprint density at radius 3 is 2.46 bits per heavy atom. The molecule has 1 aliphatic heterocycles. The van der Waals surface area contributed by atoms with Gasteiger partial charge in [0.05, 0.1) is 5.92 Å². The van der Waals surface area contributed by atoms with Crippen molar-refractivity contribution in [3.8, 4) is 0 Å². The van der Waals surface area contributed by atoms with Gasteiger partial charge in [-0.3, -0.25) is 15.0 Å². The highest BCUT2D eigenvalue weighted by atomic mass is 32.1. The maximum atomic E-state index is 11.7. The SMILES string of the molecule is CC1(C)CCCC(C)(C)N1O[C@H](C=O)[C@H](C[N+](=O)[O-])c1cccs1. The highest BCUT2D eigenvalue weighted by Gasteiger charge is 2.45. The van der Waals surface area contributed by atoms with Crippen molar-refractivity contribution in [1.29, 1.82) is 0 Å². The lowest BCUT2D eigenvalue weighted by Gasteiger charge is -2.52. The first-order valence-electron chi connectivity index (χ1n) is 8.25. The van der Waals surface area contributed by atoms with Crippen LogP contribution in [0.1, 0.15) is 57.8 Å². The maximum Gasteiger partial charge on any atom is 0.214 e. The average Bonchev–Trinajstić information content (AvgIpc) is 2.98. The number of aldehydes is 1. The predicted octanol–water partition coefficient (Wildman–Crippen LogP) is 3.65. The molecule has 1 aromatic heterocycles. The van der Waals surface area contributed by atoms with Crippen LogP contribution in [0.5, 0.6) is 0 Å². The van der Waals surface area contributed by atoms with Gasteiger partial charge in [0.2, 0.25) is 6.54 Å². The molecule has 6 nitrogen and oxygen atoms in total. The third kappa shape index (κ3) is 4.20. The van der Waals surface area contributed by atoms with E-state index in [1.165, 1.54) is 11.3 Å². The molecule has 1 fully saturated rings. The smallest absolute Gasteiger partial charge is 0.214 e. The van der Waals surface area contributed by atoms with Gasteiger partial charge >= 0.3 is 0 Å². The third-order valence-electron chi connectivity index (χ3n) is 4.69. The second kappa shape index (κ2) is 7.29. The molecule has 0 N–H and O–H groups in total. The Labute approximate surface area is 146 Å². The number of hydroxylamine groups is 2. The monoisotopic (exact) mass is 354 g/mol. The quantitative estimate of drug-likeness (QED) is 0.424. The van der Waals surface area contributed by atoms with Gasteiger partial charge in [-0.15, -0.1) is 11.3 Å². The Morgan fingerprint density at radius 2 is 2.00 bits per heavy atom. The number of nitrogens with zero attached hydrogens (tertiary/aromatic N) is 2. The molecule has 1 saturated heterocycles. The summed E-state index contributed by atoms with van der Waals surface area (Å²) in [6.07, 6.45) is 2.84. The zero-order valence-electron chi connectivity index (χ0n) is 14.7. The third-order valence-corrected chi connectivity index (χ3v) is 5.69. The molecular formula is C17H26N2O4S. The number of rotatable bonds is 7. The summed E-state index contributed by atoms with van der Waals surface area (Å²) in [6.45, 7) is 8.03. The minimum Gasteiger partial charge on any atom is -0.300 e. The fourth-order valence-electron chi connectivity index (χ4n) is 3.59. The minimum absolute atomic E-state index is 0.225. The van der Waals surface area contributed by atoms with Gasteiger partial charge in [-0.2, -0.15) is 5.06 Å². The molecule has 1 aliphatic rings. The zero-order chi connectivity index (χ0) is 18.0. The zero-order valence-corrected chi connectivity index (χ0v) is 15.5. The Bertz CT molecular complexity index is 555. The second-order valence-electron chi connectivity index (χ2n) is 7.62. The summed E-state index contributed by atoms with van der Waals surface area (Å²) in [5, 5.41) is 14.8. The van der Waals surface area contributed by atoms with Crippen molar-refractivity contribution in [2.45, 2.75) is 70.1 Å². The van der Waals surface area contributed by atoms with Crippen molar-refractivity contribution >= 4 is 17.6 Å². The van der Waals surface area contributed by atoms with Crippen LogP contribution in [0.2, 0.25) is 0 Å². The summed E-state index contributed by atoms with van der Waals surface area (Å²) < 4.78 is 0. The van der Waals surface area contributed by atoms with E-state index in [1.807, 2.05) is 22.6 Å². The largest absolute Gasteiger partial charge is 0.300 e. The molecule has 0 aromatic carbocycles. The summed E-state index contributed by atoms with van der Waals surface area (Å²) in [5.74, 6) is -0.578. The van der Waals surface area contributed by atoms with E-state index in [-0.39, 0.29) is 22.5 Å². The van der Waals surface area contributed by atoms with Crippen LogP contribution in [0.25, 0.3) is 0 Å². The Hall–Kier alpha value is -1.31. The van der Waals surface area contributed by atoms with E-state index in [9.17, 15) is 14.9 Å². The van der Waals surface area contributed by atoms with E-state index in [0.717, 1.165) is 24.1 Å². The lowest BCUT2D eigenvalue weighted by atomic mass is 9.82. The molecule has 0 spiro atoms. The molecule has 2 heterocycles. The Kier molecular flexibility index (Phi) is 5.78. The molecule has 0 aliphatic carbocycles. The van der Waals surface area contributed by atoms with Gasteiger partial charge in [-0.1, -0.05) is 6.07 Å². The molecule has 7 heteroatoms. The lowest BCUT2D eigenvalue weighted by molar-refractivity contribution is -0.486. The molecule has 134 valence electrons. The molecule has 0 bridgehead atoms. The van der Waals surface area contributed by atoms with Gasteiger partial charge in [0, 0.05) is 20.9 Å². The predicted molar refractivity (Wildman–Crippen MR) is 93.7 cm³/mol. The van der Waals surface area contributed by atoms with Crippen LogP contribution in [0.4, 0.5) is 0 Å². The highest BCUT2D eigenvalue weighted by Crippen LogP contribution is 2.40. The first-order chi connectivity index (χ1) is 11.2. The normalized spacial score (nSPS) is 22.7. The fraction of sp³-hybridized carbons (Fsp3) is 0.706. The van der Waals surface area contributed by atoms with E-state index >= 15 is 0 Å². The number of hydrogen-bond donors (Lipinski definition) is 0. The molecule has 0 radical (unpaired) electrons. The van der Waals surface area contributed by atoms with Gasteiger partial charge in [0.25, 0.3) is 0 Å². The topological polar surface area (TPSA) is 72.7 Å². The van der Waals surface area contributed by atoms with Crippen LogP contribution in [-0.4, -0.2) is 40.0 Å². The number of hydrogen-bond acceptors (Lipinski definition) is 6. The van der Waals surface area contributed by atoms with Crippen molar-refractivity contribution in [1.82, 2.24) is 5.06 Å². The summed E-state index contributed by atoms with van der Waals surface area (Å²) >= 11 is 1.42. The molecule has 0 saturated carbocycles. The van der Waals surface area contributed by atoms with Gasteiger partial charge in [-0.05, 0) is 58.4 Å². The van der Waals surface area contributed by atoms with E-state index in [4.69, 9.17) is 4.84 Å². The number of thiophene rings is 1. The average molecular weight is 354 g/mol. The standard InChI is InChI=1S/C17H26N2O4S/c1-16(2)8-6-9-17(3,4)19(16)23-14(12-20)13(11-18(21)22)15-7-5-10-24-15/h5,7,10,12-14H,6,8-9,11H2,1-4H3/t13-,14+/m0/s1. The van der Waals surface area contributed by atoms with Crippen LogP contribution in [-0.2, 0) is 9.63 Å². The molecule has 0 unspecified atom stereocenters. The first kappa shape index (κ1) is 19.0. The van der Waals surface area contributed by atoms with Gasteiger partial charge in [0.1, 0.15) is 6.10 Å². The van der Waals surface area contributed by atoms with Gasteiger partial charge in [0.15, 0.2) is 6.29 Å². The van der Waals surface area contributed by atoms with Crippen molar-refractivity contribution in [3.63, 3.8) is 0 Å². The summed E-state index contributed by atoms with van der Waals surface area (Å²) in [6, 6.07) is 3.66. The Balaban J connectivity index is 2.28. The molecule has 2 atom stereocenters. The Morgan fingerprint density at radius 1 is 1.38 bits per heavy atom. The van der Waals surface area contributed by atoms with E-state index in [0.29, 0.717) is 6.29 Å². The summed E-state index contributed by atoms with van der Waals surface area (Å²) in [4.78, 5) is 29.4. The van der Waals surface area contributed by atoms with Gasteiger partial charge in [-0.25, -0.2) is 0 Å².